The normalized spacial score (nSPS) is 24.9. The second-order valence-corrected chi connectivity index (χ2v) is 10.5. The van der Waals surface area contributed by atoms with Gasteiger partial charge in [0.05, 0.1) is 18.6 Å². The number of sulfonamides is 1. The van der Waals surface area contributed by atoms with Crippen LogP contribution in [-0.2, 0) is 16.4 Å². The van der Waals surface area contributed by atoms with Crippen LogP contribution in [0.25, 0.3) is 0 Å². The number of hydrogen-bond acceptors (Lipinski definition) is 7. The van der Waals surface area contributed by atoms with E-state index >= 15 is 0 Å². The number of fused-ring (bicyclic) bond motifs is 1. The van der Waals surface area contributed by atoms with Crippen LogP contribution in [0.4, 0.5) is 0 Å². The molecule has 0 bridgehead atoms. The first-order chi connectivity index (χ1) is 14.1. The summed E-state index contributed by atoms with van der Waals surface area (Å²) in [6.07, 6.45) is 2.31. The van der Waals surface area contributed by atoms with Crippen LogP contribution in [0.5, 0.6) is 0 Å². The van der Waals surface area contributed by atoms with Gasteiger partial charge in [0.1, 0.15) is 11.5 Å². The zero-order valence-electron chi connectivity index (χ0n) is 17.4. The van der Waals surface area contributed by atoms with E-state index in [0.29, 0.717) is 38.2 Å². The summed E-state index contributed by atoms with van der Waals surface area (Å²) in [5.74, 6) is 1.39. The Hall–Kier alpha value is -2.17. The Bertz CT molecular complexity index is 1040. The summed E-state index contributed by atoms with van der Waals surface area (Å²) in [6, 6.07) is 3.43. The Morgan fingerprint density at radius 2 is 2.10 bits per heavy atom. The summed E-state index contributed by atoms with van der Waals surface area (Å²) in [6.45, 7) is 4.96. The largest absolute Gasteiger partial charge is 0.456 e. The molecule has 9 nitrogen and oxygen atoms in total. The Kier molecular flexibility index (Phi) is 5.27. The molecule has 4 heterocycles. The number of aliphatic hydroxyl groups excluding tert-OH is 1. The van der Waals surface area contributed by atoms with Crippen molar-refractivity contribution < 1.29 is 27.3 Å². The average Bonchev–Trinajstić information content (AvgIpc) is 3.40. The van der Waals surface area contributed by atoms with Gasteiger partial charge in [0, 0.05) is 43.6 Å². The second-order valence-electron chi connectivity index (χ2n) is 8.53. The number of carbonyl (C=O) groups is 1. The van der Waals surface area contributed by atoms with Crippen LogP contribution in [-0.4, -0.2) is 72.8 Å². The average molecular weight is 438 g/mol. The first kappa shape index (κ1) is 21.1. The summed E-state index contributed by atoms with van der Waals surface area (Å²) in [5.41, 5.74) is 1.10. The number of aryl methyl sites for hydroxylation is 2. The van der Waals surface area contributed by atoms with E-state index in [9.17, 15) is 18.3 Å². The fraction of sp³-hybridized carbons (Fsp3) is 0.600. The number of furan rings is 1. The van der Waals surface area contributed by atoms with Crippen LogP contribution in [0.3, 0.4) is 0 Å². The molecule has 30 heavy (non-hydrogen) atoms. The SMILES string of the molecule is Cc1noc(C)c1Cc1ccc(C(=O)N2CC[C@@H]3CN(S(C)(=O)=O)C[C@]3(CO)C2)o1. The number of amides is 1. The predicted octanol–water partition coefficient (Wildman–Crippen LogP) is 1.19. The molecule has 2 aliphatic rings. The van der Waals surface area contributed by atoms with Crippen LogP contribution in [0.1, 0.15) is 39.8 Å². The van der Waals surface area contributed by atoms with E-state index in [0.717, 1.165) is 17.0 Å². The Balaban J connectivity index is 1.49. The maximum Gasteiger partial charge on any atom is 0.289 e. The van der Waals surface area contributed by atoms with Crippen molar-refractivity contribution in [1.82, 2.24) is 14.4 Å². The third-order valence-corrected chi connectivity index (χ3v) is 7.73. The second kappa shape index (κ2) is 7.51. The molecule has 1 amide bonds. The van der Waals surface area contributed by atoms with E-state index in [4.69, 9.17) is 8.94 Å². The van der Waals surface area contributed by atoms with Gasteiger partial charge in [-0.05, 0) is 38.3 Å². The summed E-state index contributed by atoms with van der Waals surface area (Å²) in [4.78, 5) is 14.7. The van der Waals surface area contributed by atoms with E-state index < -0.39 is 15.4 Å². The minimum Gasteiger partial charge on any atom is -0.456 e. The van der Waals surface area contributed by atoms with Gasteiger partial charge in [-0.1, -0.05) is 5.16 Å². The number of piperidine rings is 1. The zero-order valence-corrected chi connectivity index (χ0v) is 18.2. The minimum atomic E-state index is -3.34. The molecular formula is C20H27N3O6S. The van der Waals surface area contributed by atoms with Crippen molar-refractivity contribution in [1.29, 1.82) is 0 Å². The molecule has 2 aromatic rings. The summed E-state index contributed by atoms with van der Waals surface area (Å²) < 4.78 is 36.4. The van der Waals surface area contributed by atoms with Gasteiger partial charge in [0.15, 0.2) is 5.76 Å². The van der Waals surface area contributed by atoms with Gasteiger partial charge in [-0.15, -0.1) is 0 Å². The molecule has 164 valence electrons. The van der Waals surface area contributed by atoms with Crippen LogP contribution < -0.4 is 0 Å². The Morgan fingerprint density at radius 1 is 1.33 bits per heavy atom. The summed E-state index contributed by atoms with van der Waals surface area (Å²) >= 11 is 0. The lowest BCUT2D eigenvalue weighted by Crippen LogP contribution is -2.52. The van der Waals surface area contributed by atoms with Gasteiger partial charge in [0.2, 0.25) is 10.0 Å². The number of likely N-dealkylation sites (tertiary alicyclic amines) is 1. The van der Waals surface area contributed by atoms with Crippen LogP contribution in [0.15, 0.2) is 21.1 Å². The zero-order chi connectivity index (χ0) is 21.7. The minimum absolute atomic E-state index is 0.0352. The first-order valence-corrected chi connectivity index (χ1v) is 11.8. The Morgan fingerprint density at radius 3 is 2.73 bits per heavy atom. The molecule has 0 saturated carbocycles. The van der Waals surface area contributed by atoms with Crippen LogP contribution in [0, 0.1) is 25.2 Å². The molecule has 4 rings (SSSR count). The third kappa shape index (κ3) is 3.67. The molecule has 2 fully saturated rings. The number of aromatic nitrogens is 1. The topological polar surface area (TPSA) is 117 Å². The van der Waals surface area contributed by atoms with E-state index in [1.54, 1.807) is 17.0 Å². The molecule has 2 aliphatic heterocycles. The van der Waals surface area contributed by atoms with E-state index in [1.165, 1.54) is 10.6 Å². The highest BCUT2D eigenvalue weighted by Gasteiger charge is 2.52. The van der Waals surface area contributed by atoms with Crippen molar-refractivity contribution in [3.63, 3.8) is 0 Å². The van der Waals surface area contributed by atoms with Gasteiger partial charge >= 0.3 is 0 Å². The molecule has 0 unspecified atom stereocenters. The molecule has 0 spiro atoms. The first-order valence-electron chi connectivity index (χ1n) is 9.99. The van der Waals surface area contributed by atoms with Crippen molar-refractivity contribution in [3.8, 4) is 0 Å². The van der Waals surface area contributed by atoms with Gasteiger partial charge in [-0.3, -0.25) is 4.79 Å². The number of aliphatic hydroxyl groups is 1. The van der Waals surface area contributed by atoms with Crippen molar-refractivity contribution in [3.05, 3.63) is 40.7 Å². The van der Waals surface area contributed by atoms with E-state index in [2.05, 4.69) is 5.16 Å². The summed E-state index contributed by atoms with van der Waals surface area (Å²) in [7, 11) is -3.34. The molecule has 1 N–H and O–H groups in total. The highest BCUT2D eigenvalue weighted by molar-refractivity contribution is 7.88. The molecule has 2 aromatic heterocycles. The quantitative estimate of drug-likeness (QED) is 0.747. The number of hydrogen-bond donors (Lipinski definition) is 1. The smallest absolute Gasteiger partial charge is 0.289 e. The third-order valence-electron chi connectivity index (χ3n) is 6.51. The van der Waals surface area contributed by atoms with Gasteiger partial charge in [0.25, 0.3) is 5.91 Å². The fourth-order valence-electron chi connectivity index (χ4n) is 4.66. The van der Waals surface area contributed by atoms with E-state index in [1.807, 2.05) is 13.8 Å². The lowest BCUT2D eigenvalue weighted by Gasteiger charge is -2.42. The van der Waals surface area contributed by atoms with Crippen molar-refractivity contribution in [2.45, 2.75) is 26.7 Å². The number of rotatable bonds is 5. The van der Waals surface area contributed by atoms with Gasteiger partial charge < -0.3 is 18.9 Å². The highest BCUT2D eigenvalue weighted by atomic mass is 32.2. The predicted molar refractivity (Wildman–Crippen MR) is 107 cm³/mol. The fourth-order valence-corrected chi connectivity index (χ4v) is 5.60. The van der Waals surface area contributed by atoms with E-state index in [-0.39, 0.29) is 30.7 Å². The van der Waals surface area contributed by atoms with Crippen molar-refractivity contribution in [2.24, 2.45) is 11.3 Å². The van der Waals surface area contributed by atoms with Gasteiger partial charge in [-0.25, -0.2) is 12.7 Å². The number of carbonyl (C=O) groups excluding carboxylic acids is 1. The van der Waals surface area contributed by atoms with Crippen molar-refractivity contribution in [2.75, 3.05) is 39.0 Å². The van der Waals surface area contributed by atoms with Crippen LogP contribution >= 0.6 is 0 Å². The standard InChI is InChI=1S/C20H27N3O6S/c1-13-17(14(2)29-21-13)8-16-4-5-18(28-16)19(25)22-7-6-15-9-23(30(3,26)27)11-20(15,10-22)12-24/h4-5,15,24H,6-12H2,1-3H3/t15-,20+/m1/s1. The maximum absolute atomic E-state index is 13.1. The van der Waals surface area contributed by atoms with Crippen molar-refractivity contribution >= 4 is 15.9 Å². The lowest BCUT2D eigenvalue weighted by atomic mass is 9.74. The monoisotopic (exact) mass is 437 g/mol. The molecule has 2 saturated heterocycles. The molecule has 10 heteroatoms. The molecular weight excluding hydrogens is 410 g/mol. The lowest BCUT2D eigenvalue weighted by molar-refractivity contribution is 0.0113. The molecule has 0 radical (unpaired) electrons. The van der Waals surface area contributed by atoms with Gasteiger partial charge in [-0.2, -0.15) is 0 Å². The molecule has 0 aromatic carbocycles. The molecule has 2 atom stereocenters. The maximum atomic E-state index is 13.1. The number of nitrogens with zero attached hydrogens (tertiary/aromatic N) is 3. The highest BCUT2D eigenvalue weighted by Crippen LogP contribution is 2.43. The Labute approximate surface area is 175 Å². The molecule has 0 aliphatic carbocycles. The van der Waals surface area contributed by atoms with Crippen LogP contribution in [0.2, 0.25) is 0 Å². The summed E-state index contributed by atoms with van der Waals surface area (Å²) in [5, 5.41) is 14.0.